The van der Waals surface area contributed by atoms with Crippen molar-refractivity contribution < 1.29 is 9.90 Å². The van der Waals surface area contributed by atoms with E-state index in [1.54, 1.807) is 12.3 Å². The zero-order valence-electron chi connectivity index (χ0n) is 10.2. The third-order valence-electron chi connectivity index (χ3n) is 2.92. The van der Waals surface area contributed by atoms with Crippen molar-refractivity contribution in [1.29, 1.82) is 0 Å². The molecule has 1 N–H and O–H groups in total. The molecule has 0 saturated heterocycles. The zero-order chi connectivity index (χ0) is 13.4. The Hall–Kier alpha value is -2.21. The number of carbonyl (C=O) groups is 1. The molecule has 3 aromatic heterocycles. The van der Waals surface area contributed by atoms with Crippen molar-refractivity contribution in [1.82, 2.24) is 14.6 Å². The summed E-state index contributed by atoms with van der Waals surface area (Å²) < 4.78 is 1.39. The second-order valence-electron chi connectivity index (χ2n) is 4.07. The molecule has 0 radical (unpaired) electrons. The van der Waals surface area contributed by atoms with Gasteiger partial charge in [0.2, 0.25) is 0 Å². The SMILES string of the molecule is CCc1cnn2c(C(=O)O)cc(-c3cccs3)nc12. The van der Waals surface area contributed by atoms with Gasteiger partial charge in [0.25, 0.3) is 0 Å². The van der Waals surface area contributed by atoms with E-state index in [0.29, 0.717) is 11.3 Å². The Morgan fingerprint density at radius 3 is 3.00 bits per heavy atom. The number of nitrogens with zero attached hydrogens (tertiary/aromatic N) is 3. The molecular weight excluding hydrogens is 262 g/mol. The Morgan fingerprint density at radius 1 is 1.53 bits per heavy atom. The molecule has 96 valence electrons. The highest BCUT2D eigenvalue weighted by atomic mass is 32.1. The highest BCUT2D eigenvalue weighted by Gasteiger charge is 2.16. The van der Waals surface area contributed by atoms with Gasteiger partial charge in [-0.3, -0.25) is 0 Å². The zero-order valence-corrected chi connectivity index (χ0v) is 11.0. The number of thiophene rings is 1. The van der Waals surface area contributed by atoms with Gasteiger partial charge in [0.05, 0.1) is 16.8 Å². The second-order valence-corrected chi connectivity index (χ2v) is 5.02. The van der Waals surface area contributed by atoms with Gasteiger partial charge in [0.15, 0.2) is 11.3 Å². The van der Waals surface area contributed by atoms with Gasteiger partial charge in [0, 0.05) is 5.56 Å². The number of fused-ring (bicyclic) bond motifs is 1. The third kappa shape index (κ3) is 1.90. The molecule has 5 nitrogen and oxygen atoms in total. The summed E-state index contributed by atoms with van der Waals surface area (Å²) in [6.45, 7) is 2.00. The first-order valence-electron chi connectivity index (χ1n) is 5.85. The molecule has 0 aromatic carbocycles. The molecule has 0 amide bonds. The molecule has 6 heteroatoms. The first-order valence-corrected chi connectivity index (χ1v) is 6.73. The first kappa shape index (κ1) is 11.9. The number of carboxylic acid groups (broad SMARTS) is 1. The number of aromatic nitrogens is 3. The van der Waals surface area contributed by atoms with Crippen molar-refractivity contribution in [2.24, 2.45) is 0 Å². The first-order chi connectivity index (χ1) is 9.20. The maximum atomic E-state index is 11.3. The molecule has 0 aliphatic heterocycles. The summed E-state index contributed by atoms with van der Waals surface area (Å²) in [5, 5.41) is 15.4. The lowest BCUT2D eigenvalue weighted by molar-refractivity contribution is 0.0687. The fourth-order valence-electron chi connectivity index (χ4n) is 1.96. The Kier molecular flexibility index (Phi) is 2.79. The Balaban J connectivity index is 2.33. The van der Waals surface area contributed by atoms with Crippen LogP contribution in [0.25, 0.3) is 16.2 Å². The van der Waals surface area contributed by atoms with Crippen LogP contribution in [-0.4, -0.2) is 25.7 Å². The topological polar surface area (TPSA) is 67.5 Å². The molecule has 0 aliphatic carbocycles. The molecule has 0 bridgehead atoms. The predicted octanol–water partition coefficient (Wildman–Crippen LogP) is 2.72. The maximum Gasteiger partial charge on any atom is 0.354 e. The van der Waals surface area contributed by atoms with Crippen LogP contribution in [0.3, 0.4) is 0 Å². The van der Waals surface area contributed by atoms with Crippen molar-refractivity contribution in [2.75, 3.05) is 0 Å². The predicted molar refractivity (Wildman–Crippen MR) is 72.6 cm³/mol. The van der Waals surface area contributed by atoms with E-state index in [-0.39, 0.29) is 5.69 Å². The molecule has 3 heterocycles. The number of hydrogen-bond donors (Lipinski definition) is 1. The van der Waals surface area contributed by atoms with Gasteiger partial charge >= 0.3 is 5.97 Å². The van der Waals surface area contributed by atoms with Gasteiger partial charge < -0.3 is 5.11 Å². The molecule has 3 aromatic rings. The Morgan fingerprint density at radius 2 is 2.37 bits per heavy atom. The number of carboxylic acids is 1. The minimum atomic E-state index is -1.00. The molecule has 0 unspecified atom stereocenters. The maximum absolute atomic E-state index is 11.3. The van der Waals surface area contributed by atoms with Gasteiger partial charge in [-0.15, -0.1) is 11.3 Å². The summed E-state index contributed by atoms with van der Waals surface area (Å²) in [6, 6.07) is 5.41. The van der Waals surface area contributed by atoms with Crippen LogP contribution in [-0.2, 0) is 6.42 Å². The van der Waals surface area contributed by atoms with Crippen LogP contribution in [0.5, 0.6) is 0 Å². The van der Waals surface area contributed by atoms with Crippen LogP contribution < -0.4 is 0 Å². The van der Waals surface area contributed by atoms with E-state index in [0.717, 1.165) is 16.9 Å². The monoisotopic (exact) mass is 273 g/mol. The van der Waals surface area contributed by atoms with Crippen LogP contribution in [0.1, 0.15) is 23.0 Å². The van der Waals surface area contributed by atoms with Gasteiger partial charge in [-0.1, -0.05) is 13.0 Å². The van der Waals surface area contributed by atoms with E-state index >= 15 is 0 Å². The Labute approximate surface area is 113 Å². The lowest BCUT2D eigenvalue weighted by atomic mass is 10.2. The van der Waals surface area contributed by atoms with E-state index in [4.69, 9.17) is 0 Å². The average molecular weight is 273 g/mol. The molecule has 19 heavy (non-hydrogen) atoms. The lowest BCUT2D eigenvalue weighted by Crippen LogP contribution is -2.08. The van der Waals surface area contributed by atoms with Crippen molar-refractivity contribution >= 4 is 23.0 Å². The summed E-state index contributed by atoms with van der Waals surface area (Å²) in [5.74, 6) is -1.00. The van der Waals surface area contributed by atoms with Crippen LogP contribution >= 0.6 is 11.3 Å². The second kappa shape index (κ2) is 4.47. The molecule has 0 fully saturated rings. The van der Waals surface area contributed by atoms with Crippen LogP contribution in [0, 0.1) is 0 Å². The molecule has 0 aliphatic rings. The fraction of sp³-hybridized carbons (Fsp3) is 0.154. The summed E-state index contributed by atoms with van der Waals surface area (Å²) in [5.41, 5.74) is 2.37. The smallest absolute Gasteiger partial charge is 0.354 e. The van der Waals surface area contributed by atoms with E-state index < -0.39 is 5.97 Å². The average Bonchev–Trinajstić information content (AvgIpc) is 3.06. The van der Waals surface area contributed by atoms with Crippen LogP contribution in [0.2, 0.25) is 0 Å². The summed E-state index contributed by atoms with van der Waals surface area (Å²) >= 11 is 1.54. The molecular formula is C13H11N3O2S. The van der Waals surface area contributed by atoms with Crippen molar-refractivity contribution in [3.05, 3.63) is 41.0 Å². The highest BCUT2D eigenvalue weighted by Crippen LogP contribution is 2.25. The van der Waals surface area contributed by atoms with Gasteiger partial charge in [-0.05, 0) is 23.9 Å². The quantitative estimate of drug-likeness (QED) is 0.796. The minimum Gasteiger partial charge on any atom is -0.477 e. The minimum absolute atomic E-state index is 0.133. The van der Waals surface area contributed by atoms with Crippen molar-refractivity contribution in [2.45, 2.75) is 13.3 Å². The van der Waals surface area contributed by atoms with Crippen LogP contribution in [0.15, 0.2) is 29.8 Å². The molecule has 0 atom stereocenters. The highest BCUT2D eigenvalue weighted by molar-refractivity contribution is 7.13. The van der Waals surface area contributed by atoms with Crippen LogP contribution in [0.4, 0.5) is 0 Å². The van der Waals surface area contributed by atoms with E-state index in [1.807, 2.05) is 24.4 Å². The largest absolute Gasteiger partial charge is 0.477 e. The number of hydrogen-bond acceptors (Lipinski definition) is 4. The standard InChI is InChI=1S/C13H11N3O2S/c1-2-8-7-14-16-10(13(17)18)6-9(15-12(8)16)11-4-3-5-19-11/h3-7H,2H2,1H3,(H,17,18). The summed E-state index contributed by atoms with van der Waals surface area (Å²) in [7, 11) is 0. The number of rotatable bonds is 3. The summed E-state index contributed by atoms with van der Waals surface area (Å²) in [4.78, 5) is 16.8. The van der Waals surface area contributed by atoms with Crippen molar-refractivity contribution in [3.8, 4) is 10.6 Å². The van der Waals surface area contributed by atoms with E-state index in [9.17, 15) is 9.90 Å². The fourth-order valence-corrected chi connectivity index (χ4v) is 2.65. The van der Waals surface area contributed by atoms with E-state index in [2.05, 4.69) is 10.1 Å². The van der Waals surface area contributed by atoms with Crippen molar-refractivity contribution in [3.63, 3.8) is 0 Å². The molecule has 3 rings (SSSR count). The van der Waals surface area contributed by atoms with E-state index in [1.165, 1.54) is 15.9 Å². The number of aromatic carboxylic acids is 1. The molecule has 0 spiro atoms. The van der Waals surface area contributed by atoms with Gasteiger partial charge in [-0.25, -0.2) is 14.3 Å². The normalized spacial score (nSPS) is 11.0. The Bertz CT molecular complexity index is 747. The summed E-state index contributed by atoms with van der Waals surface area (Å²) in [6.07, 6.45) is 2.44. The van der Waals surface area contributed by atoms with Gasteiger partial charge in [0.1, 0.15) is 0 Å². The lowest BCUT2D eigenvalue weighted by Gasteiger charge is -2.04. The third-order valence-corrected chi connectivity index (χ3v) is 3.81. The number of aryl methyl sites for hydroxylation is 1. The van der Waals surface area contributed by atoms with Gasteiger partial charge in [-0.2, -0.15) is 5.10 Å². The molecule has 0 saturated carbocycles.